The lowest BCUT2D eigenvalue weighted by Crippen LogP contribution is -2.37. The Balaban J connectivity index is 0.000000206. The molecule has 2 nitrogen and oxygen atoms in total. The molecule has 14 heavy (non-hydrogen) atoms. The molecule has 2 heteroatoms. The molecule has 0 amide bonds. The van der Waals surface area contributed by atoms with Gasteiger partial charge in [-0.1, -0.05) is 52.4 Å². The van der Waals surface area contributed by atoms with Crippen LogP contribution in [-0.4, -0.2) is 19.8 Å². The molecule has 86 valence electrons. The molecule has 0 aromatic heterocycles. The van der Waals surface area contributed by atoms with Gasteiger partial charge in [0.05, 0.1) is 0 Å². The first-order valence-electron chi connectivity index (χ1n) is 6.41. The summed E-state index contributed by atoms with van der Waals surface area (Å²) in [4.78, 5) is 0. The van der Waals surface area contributed by atoms with Crippen molar-refractivity contribution in [2.24, 2.45) is 0 Å². The summed E-state index contributed by atoms with van der Waals surface area (Å²) in [6.07, 6.45) is 10.3. The van der Waals surface area contributed by atoms with Crippen molar-refractivity contribution in [2.75, 3.05) is 19.8 Å². The predicted molar refractivity (Wildman–Crippen MR) is 64.5 cm³/mol. The Hall–Kier alpha value is -0.0800. The zero-order valence-electron chi connectivity index (χ0n) is 10.1. The van der Waals surface area contributed by atoms with Crippen molar-refractivity contribution < 1.29 is 0 Å². The largest absolute Gasteiger partial charge is 0.304 e. The molecule has 0 atom stereocenters. The first-order chi connectivity index (χ1) is 7.00. The Labute approximate surface area is 89.9 Å². The topological polar surface area (TPSA) is 24.1 Å². The van der Waals surface area contributed by atoms with Crippen LogP contribution in [0, 0.1) is 0 Å². The van der Waals surface area contributed by atoms with Crippen molar-refractivity contribution in [2.45, 2.75) is 58.8 Å². The molecule has 1 saturated carbocycles. The van der Waals surface area contributed by atoms with Crippen molar-refractivity contribution >= 4 is 0 Å². The minimum Gasteiger partial charge on any atom is -0.304 e. The van der Waals surface area contributed by atoms with E-state index in [4.69, 9.17) is 0 Å². The van der Waals surface area contributed by atoms with E-state index in [9.17, 15) is 0 Å². The Kier molecular flexibility index (Phi) is 12.8. The molecule has 0 bridgehead atoms. The summed E-state index contributed by atoms with van der Waals surface area (Å²) in [5, 5.41) is 6.35. The van der Waals surface area contributed by atoms with E-state index in [2.05, 4.69) is 10.6 Å². The van der Waals surface area contributed by atoms with Gasteiger partial charge in [-0.25, -0.2) is 0 Å². The monoisotopic (exact) mass is 200 g/mol. The SMILES string of the molecule is C1CCCCC1.C1CNCNC1.CC. The fraction of sp³-hybridized carbons (Fsp3) is 1.00. The third-order valence-corrected chi connectivity index (χ3v) is 2.46. The van der Waals surface area contributed by atoms with Crippen molar-refractivity contribution in [1.82, 2.24) is 10.6 Å². The van der Waals surface area contributed by atoms with E-state index in [-0.39, 0.29) is 0 Å². The Morgan fingerprint density at radius 1 is 0.571 bits per heavy atom. The van der Waals surface area contributed by atoms with Gasteiger partial charge in [0.15, 0.2) is 0 Å². The summed E-state index contributed by atoms with van der Waals surface area (Å²) in [7, 11) is 0. The minimum atomic E-state index is 1.00. The molecule has 2 aliphatic rings. The number of nitrogens with one attached hydrogen (secondary N) is 2. The lowest BCUT2D eigenvalue weighted by molar-refractivity contribution is 0.496. The van der Waals surface area contributed by atoms with Crippen molar-refractivity contribution in [3.8, 4) is 0 Å². The van der Waals surface area contributed by atoms with Crippen LogP contribution in [0.2, 0.25) is 0 Å². The predicted octanol–water partition coefficient (Wildman–Crippen LogP) is 2.89. The summed E-state index contributed by atoms with van der Waals surface area (Å²) < 4.78 is 0. The third kappa shape index (κ3) is 10.0. The average molecular weight is 200 g/mol. The molecule has 2 N–H and O–H groups in total. The lowest BCUT2D eigenvalue weighted by Gasteiger charge is -2.11. The van der Waals surface area contributed by atoms with E-state index in [0.717, 1.165) is 6.67 Å². The molecule has 0 spiro atoms. The smallest absolute Gasteiger partial charge is 0.0454 e. The Morgan fingerprint density at radius 3 is 1.07 bits per heavy atom. The first-order valence-corrected chi connectivity index (χ1v) is 6.41. The van der Waals surface area contributed by atoms with Crippen LogP contribution >= 0.6 is 0 Å². The van der Waals surface area contributed by atoms with Crippen LogP contribution < -0.4 is 10.6 Å². The van der Waals surface area contributed by atoms with Gasteiger partial charge in [-0.15, -0.1) is 0 Å². The molecule has 1 aliphatic heterocycles. The number of hydrogen-bond acceptors (Lipinski definition) is 2. The van der Waals surface area contributed by atoms with E-state index in [1.807, 2.05) is 13.8 Å². The second-order valence-electron chi connectivity index (χ2n) is 3.65. The van der Waals surface area contributed by atoms with Crippen LogP contribution in [-0.2, 0) is 0 Å². The standard InChI is InChI=1S/C6H12.C4H10N2.C2H6/c1-2-4-6-5-3-1;1-2-5-4-6-3-1;1-2/h1-6H2;5-6H,1-4H2;1-2H3. The van der Waals surface area contributed by atoms with Gasteiger partial charge in [-0.05, 0) is 19.5 Å². The fourth-order valence-electron chi connectivity index (χ4n) is 1.66. The van der Waals surface area contributed by atoms with Crippen molar-refractivity contribution in [3.63, 3.8) is 0 Å². The molecular weight excluding hydrogens is 172 g/mol. The quantitative estimate of drug-likeness (QED) is 0.628. The van der Waals surface area contributed by atoms with Gasteiger partial charge in [-0.3, -0.25) is 0 Å². The summed E-state index contributed by atoms with van der Waals surface area (Å²) >= 11 is 0. The number of rotatable bonds is 0. The van der Waals surface area contributed by atoms with Crippen LogP contribution in [0.5, 0.6) is 0 Å². The van der Waals surface area contributed by atoms with E-state index >= 15 is 0 Å². The van der Waals surface area contributed by atoms with Gasteiger partial charge in [0, 0.05) is 6.67 Å². The second-order valence-corrected chi connectivity index (χ2v) is 3.65. The molecule has 0 unspecified atom stereocenters. The van der Waals surface area contributed by atoms with Gasteiger partial charge in [0.2, 0.25) is 0 Å². The van der Waals surface area contributed by atoms with Crippen LogP contribution in [0.4, 0.5) is 0 Å². The highest BCUT2D eigenvalue weighted by Gasteiger charge is 1.95. The molecule has 2 fully saturated rings. The molecule has 1 saturated heterocycles. The minimum absolute atomic E-state index is 1.00. The van der Waals surface area contributed by atoms with E-state index in [1.165, 1.54) is 58.0 Å². The maximum Gasteiger partial charge on any atom is 0.0454 e. The van der Waals surface area contributed by atoms with E-state index in [1.54, 1.807) is 0 Å². The summed E-state index contributed by atoms with van der Waals surface area (Å²) in [6.45, 7) is 7.38. The van der Waals surface area contributed by atoms with Gasteiger partial charge in [-0.2, -0.15) is 0 Å². The zero-order valence-corrected chi connectivity index (χ0v) is 10.1. The highest BCUT2D eigenvalue weighted by atomic mass is 15.1. The average Bonchev–Trinajstić information content (AvgIpc) is 2.37. The fourth-order valence-corrected chi connectivity index (χ4v) is 1.66. The second kappa shape index (κ2) is 12.9. The summed E-state index contributed by atoms with van der Waals surface area (Å²) in [5.74, 6) is 0. The van der Waals surface area contributed by atoms with Gasteiger partial charge in [0.25, 0.3) is 0 Å². The maximum absolute atomic E-state index is 3.17. The summed E-state index contributed by atoms with van der Waals surface area (Å²) in [5.41, 5.74) is 0. The molecule has 0 aromatic rings. The zero-order chi connectivity index (χ0) is 10.5. The van der Waals surface area contributed by atoms with E-state index in [0.29, 0.717) is 0 Å². The van der Waals surface area contributed by atoms with Crippen LogP contribution in [0.1, 0.15) is 58.8 Å². The molecule has 1 heterocycles. The molecule has 0 radical (unpaired) electrons. The summed E-state index contributed by atoms with van der Waals surface area (Å²) in [6, 6.07) is 0. The van der Waals surface area contributed by atoms with E-state index < -0.39 is 0 Å². The van der Waals surface area contributed by atoms with Gasteiger partial charge in [0.1, 0.15) is 0 Å². The molecule has 1 aliphatic carbocycles. The third-order valence-electron chi connectivity index (χ3n) is 2.46. The Morgan fingerprint density at radius 2 is 0.929 bits per heavy atom. The molecule has 0 aromatic carbocycles. The van der Waals surface area contributed by atoms with Crippen LogP contribution in [0.15, 0.2) is 0 Å². The van der Waals surface area contributed by atoms with Crippen LogP contribution in [0.3, 0.4) is 0 Å². The van der Waals surface area contributed by atoms with Gasteiger partial charge >= 0.3 is 0 Å². The highest BCUT2D eigenvalue weighted by Crippen LogP contribution is 2.15. The van der Waals surface area contributed by atoms with Crippen molar-refractivity contribution in [3.05, 3.63) is 0 Å². The normalized spacial score (nSPS) is 21.0. The number of hydrogen-bond donors (Lipinski definition) is 2. The Bertz CT molecular complexity index is 51.3. The molecule has 2 rings (SSSR count). The first kappa shape index (κ1) is 13.9. The highest BCUT2D eigenvalue weighted by molar-refractivity contribution is 4.54. The maximum atomic E-state index is 3.17. The molecular formula is C12H28N2. The van der Waals surface area contributed by atoms with Crippen LogP contribution in [0.25, 0.3) is 0 Å². The van der Waals surface area contributed by atoms with Gasteiger partial charge < -0.3 is 10.6 Å². The van der Waals surface area contributed by atoms with Crippen molar-refractivity contribution in [1.29, 1.82) is 0 Å². The lowest BCUT2D eigenvalue weighted by atomic mass is 10.0.